The first-order valence-electron chi connectivity index (χ1n) is 15.3. The number of rotatable bonds is 10. The summed E-state index contributed by atoms with van der Waals surface area (Å²) < 4.78 is 19.2. The van der Waals surface area contributed by atoms with Gasteiger partial charge in [-0.2, -0.15) is 5.26 Å². The van der Waals surface area contributed by atoms with Crippen LogP contribution < -0.4 is 10.1 Å². The maximum Gasteiger partial charge on any atom is 0.482 e. The Morgan fingerprint density at radius 1 is 1.18 bits per heavy atom. The second-order valence-electron chi connectivity index (χ2n) is 12.9. The van der Waals surface area contributed by atoms with E-state index in [-0.39, 0.29) is 42.0 Å². The van der Waals surface area contributed by atoms with Gasteiger partial charge in [0.1, 0.15) is 11.8 Å². The summed E-state index contributed by atoms with van der Waals surface area (Å²) in [5, 5.41) is 13.3. The number of hydrogen-bond acceptors (Lipinski definition) is 6. The molecule has 0 spiro atoms. The smallest absolute Gasteiger partial charge is 0.482 e. The lowest BCUT2D eigenvalue weighted by Crippen LogP contribution is -2.65. The fourth-order valence-electron chi connectivity index (χ4n) is 7.26. The Labute approximate surface area is 264 Å². The van der Waals surface area contributed by atoms with Crippen LogP contribution in [-0.4, -0.2) is 42.3 Å². The molecule has 226 valence electrons. The molecule has 2 aromatic carbocycles. The predicted octanol–water partition coefficient (Wildman–Crippen LogP) is 6.56. The molecule has 1 amide bonds. The molecule has 0 unspecified atom stereocenters. The van der Waals surface area contributed by atoms with Crippen molar-refractivity contribution >= 4 is 36.3 Å². The van der Waals surface area contributed by atoms with Gasteiger partial charge in [0.05, 0.1) is 47.0 Å². The molecule has 1 saturated heterocycles. The fraction of sp³-hybridized carbons (Fsp3) is 0.400. The summed E-state index contributed by atoms with van der Waals surface area (Å²) in [5.41, 5.74) is 2.73. The van der Waals surface area contributed by atoms with Crippen LogP contribution in [0.4, 0.5) is 0 Å². The van der Waals surface area contributed by atoms with Crippen molar-refractivity contribution in [3.8, 4) is 11.8 Å². The number of hydrogen-bond donors (Lipinski definition) is 1. The molecule has 44 heavy (non-hydrogen) atoms. The number of pyridine rings is 1. The van der Waals surface area contributed by atoms with Gasteiger partial charge in [-0.1, -0.05) is 67.9 Å². The highest BCUT2D eigenvalue weighted by atomic mass is 35.5. The van der Waals surface area contributed by atoms with Crippen LogP contribution in [0, 0.1) is 28.6 Å². The standard InChI is InChI=1S/C35H37BClN3O4/c1-34(2)26-20-30(34)35(3)31(21-26)43-36(44-35)32(19-23-9-5-4-6-10-23)40-33(41)14-16-42-29-18-24(12-13-27(29)37)17-25(22-38)28-11-7-8-15-39-28/h4-13,15,17-18,26,30-32H,14,16,19-21H2,1-3H3,(H,40,41)/t26-,30-,31+,32-,35-/m0/s1. The Morgan fingerprint density at radius 2 is 1.98 bits per heavy atom. The molecule has 9 heteroatoms. The first kappa shape index (κ1) is 30.4. The molecule has 1 aliphatic heterocycles. The number of nitrogens with one attached hydrogen (secondary N) is 1. The zero-order chi connectivity index (χ0) is 30.9. The summed E-state index contributed by atoms with van der Waals surface area (Å²) in [7, 11) is -0.531. The van der Waals surface area contributed by atoms with Crippen LogP contribution in [0.15, 0.2) is 72.9 Å². The minimum absolute atomic E-state index is 0.0328. The maximum atomic E-state index is 13.3. The van der Waals surface area contributed by atoms with Crippen LogP contribution in [0.1, 0.15) is 56.9 Å². The van der Waals surface area contributed by atoms with E-state index in [1.54, 1.807) is 42.6 Å². The number of amides is 1. The first-order chi connectivity index (χ1) is 21.2. The number of aromatic nitrogens is 1. The van der Waals surface area contributed by atoms with Crippen molar-refractivity contribution < 1.29 is 18.8 Å². The van der Waals surface area contributed by atoms with Gasteiger partial charge in [0.2, 0.25) is 5.91 Å². The van der Waals surface area contributed by atoms with Crippen LogP contribution in [-0.2, 0) is 20.5 Å². The Hall–Kier alpha value is -3.64. The third-order valence-corrected chi connectivity index (χ3v) is 10.2. The van der Waals surface area contributed by atoms with E-state index >= 15 is 0 Å². The Bertz CT molecular complexity index is 1580. The average Bonchev–Trinajstić information content (AvgIpc) is 3.39. The van der Waals surface area contributed by atoms with E-state index in [1.165, 1.54) is 6.42 Å². The Kier molecular flexibility index (Phi) is 8.56. The highest BCUT2D eigenvalue weighted by molar-refractivity contribution is 6.48. The number of benzene rings is 2. The zero-order valence-electron chi connectivity index (χ0n) is 25.3. The molecule has 3 aliphatic carbocycles. The summed E-state index contributed by atoms with van der Waals surface area (Å²) in [6.45, 7) is 7.01. The monoisotopic (exact) mass is 609 g/mol. The van der Waals surface area contributed by atoms with E-state index < -0.39 is 7.12 Å². The number of allylic oxidation sites excluding steroid dienone is 1. The highest BCUT2D eigenvalue weighted by Crippen LogP contribution is 2.65. The van der Waals surface area contributed by atoms with E-state index in [2.05, 4.69) is 49.3 Å². The molecule has 3 aromatic rings. The van der Waals surface area contributed by atoms with Gasteiger partial charge in [0.15, 0.2) is 0 Å². The molecule has 7 nitrogen and oxygen atoms in total. The van der Waals surface area contributed by atoms with Gasteiger partial charge in [-0.3, -0.25) is 9.78 Å². The molecular weight excluding hydrogens is 573 g/mol. The molecule has 0 radical (unpaired) electrons. The van der Waals surface area contributed by atoms with Gasteiger partial charge >= 0.3 is 7.12 Å². The Morgan fingerprint density at radius 3 is 2.70 bits per heavy atom. The van der Waals surface area contributed by atoms with Gasteiger partial charge in [-0.15, -0.1) is 0 Å². The lowest BCUT2D eigenvalue weighted by Gasteiger charge is -2.64. The van der Waals surface area contributed by atoms with Crippen molar-refractivity contribution in [3.63, 3.8) is 0 Å². The summed E-state index contributed by atoms with van der Waals surface area (Å²) in [4.78, 5) is 17.5. The number of nitriles is 1. The van der Waals surface area contributed by atoms with Crippen LogP contribution in [0.2, 0.25) is 5.02 Å². The molecule has 1 N–H and O–H groups in total. The van der Waals surface area contributed by atoms with Crippen LogP contribution in [0.25, 0.3) is 11.6 Å². The molecular formula is C35H37BClN3O4. The fourth-order valence-corrected chi connectivity index (χ4v) is 7.43. The second-order valence-corrected chi connectivity index (χ2v) is 13.3. The number of nitrogens with zero attached hydrogens (tertiary/aromatic N) is 2. The van der Waals surface area contributed by atoms with Crippen molar-refractivity contribution in [2.45, 2.75) is 64.1 Å². The molecule has 5 atom stereocenters. The quantitative estimate of drug-likeness (QED) is 0.207. The minimum Gasteiger partial charge on any atom is -0.491 e. The lowest BCUT2D eigenvalue weighted by atomic mass is 9.43. The number of ether oxygens (including phenoxy) is 1. The van der Waals surface area contributed by atoms with Crippen molar-refractivity contribution in [2.75, 3.05) is 6.61 Å². The largest absolute Gasteiger partial charge is 0.491 e. The van der Waals surface area contributed by atoms with Gasteiger partial charge in [-0.25, -0.2) is 0 Å². The maximum absolute atomic E-state index is 13.3. The Balaban J connectivity index is 1.11. The topological polar surface area (TPSA) is 93.5 Å². The summed E-state index contributed by atoms with van der Waals surface area (Å²) in [6, 6.07) is 23.0. The van der Waals surface area contributed by atoms with E-state index in [0.717, 1.165) is 17.5 Å². The zero-order valence-corrected chi connectivity index (χ0v) is 26.1. The van der Waals surface area contributed by atoms with Gasteiger partial charge in [0, 0.05) is 6.20 Å². The number of carbonyl (C=O) groups excluding carboxylic acids is 1. The molecule has 1 aromatic heterocycles. The third kappa shape index (κ3) is 6.02. The van der Waals surface area contributed by atoms with Gasteiger partial charge in [-0.05, 0) is 84.9 Å². The molecule has 4 aliphatic rings. The molecule has 3 saturated carbocycles. The molecule has 2 heterocycles. The van der Waals surface area contributed by atoms with Gasteiger partial charge < -0.3 is 19.4 Å². The first-order valence-corrected chi connectivity index (χ1v) is 15.7. The van der Waals surface area contributed by atoms with Gasteiger partial charge in [0.25, 0.3) is 0 Å². The van der Waals surface area contributed by atoms with Crippen molar-refractivity contribution in [1.82, 2.24) is 10.3 Å². The van der Waals surface area contributed by atoms with Crippen LogP contribution in [0.5, 0.6) is 5.75 Å². The van der Waals surface area contributed by atoms with E-state index in [0.29, 0.717) is 40.3 Å². The predicted molar refractivity (Wildman–Crippen MR) is 171 cm³/mol. The third-order valence-electron chi connectivity index (χ3n) is 9.86. The van der Waals surface area contributed by atoms with Crippen molar-refractivity contribution in [1.29, 1.82) is 5.26 Å². The minimum atomic E-state index is -0.531. The molecule has 7 rings (SSSR count). The van der Waals surface area contributed by atoms with E-state index in [4.69, 9.17) is 25.6 Å². The average molecular weight is 610 g/mol. The SMILES string of the molecule is CC1(C)[C@@H]2C[C@H]3OB([C@H](Cc4ccccc4)NC(=O)CCOc4cc(C=C(C#N)c5ccccn5)ccc4Cl)O[C@@]3(C)[C@H]1C2. The molecule has 4 fully saturated rings. The summed E-state index contributed by atoms with van der Waals surface area (Å²) >= 11 is 6.41. The lowest BCUT2D eigenvalue weighted by molar-refractivity contribution is -0.199. The summed E-state index contributed by atoms with van der Waals surface area (Å²) in [5.74, 6) is 1.02. The van der Waals surface area contributed by atoms with E-state index in [1.807, 2.05) is 24.3 Å². The second kappa shape index (κ2) is 12.4. The van der Waals surface area contributed by atoms with Crippen molar-refractivity contribution in [3.05, 3.63) is 94.8 Å². The molecule has 2 bridgehead atoms. The number of halogens is 1. The van der Waals surface area contributed by atoms with Crippen LogP contribution in [0.3, 0.4) is 0 Å². The van der Waals surface area contributed by atoms with Crippen molar-refractivity contribution in [2.24, 2.45) is 17.3 Å². The van der Waals surface area contributed by atoms with Crippen LogP contribution >= 0.6 is 11.6 Å². The van der Waals surface area contributed by atoms with E-state index in [9.17, 15) is 10.1 Å². The normalized spacial score (nSPS) is 25.8. The highest BCUT2D eigenvalue weighted by Gasteiger charge is 2.68. The number of carbonyl (C=O) groups is 1. The summed E-state index contributed by atoms with van der Waals surface area (Å²) in [6.07, 6.45) is 6.29.